The molecule has 0 spiro atoms. The van der Waals surface area contributed by atoms with Gasteiger partial charge in [-0.3, -0.25) is 4.68 Å². The molecule has 0 bridgehead atoms. The number of aryl methyl sites for hydroxylation is 1. The molecule has 2 rings (SSSR count). The highest BCUT2D eigenvalue weighted by Crippen LogP contribution is 2.31. The molecule has 0 aromatic carbocycles. The largest absolute Gasteiger partial charge is 0.316 e. The molecule has 1 heterocycles. The fourth-order valence-corrected chi connectivity index (χ4v) is 3.23. The lowest BCUT2D eigenvalue weighted by atomic mass is 9.77. The average Bonchev–Trinajstić information content (AvgIpc) is 2.88. The zero-order valence-corrected chi connectivity index (χ0v) is 12.4. The van der Waals surface area contributed by atoms with Crippen LogP contribution in [0.1, 0.15) is 51.8 Å². The summed E-state index contributed by atoms with van der Waals surface area (Å²) in [5, 5.41) is 7.89. The number of hydrogen-bond donors (Lipinski definition) is 1. The molecular formula is C15H28N4. The average molecular weight is 264 g/mol. The first-order valence-corrected chi connectivity index (χ1v) is 7.92. The maximum atomic E-state index is 4.44. The van der Waals surface area contributed by atoms with E-state index in [4.69, 9.17) is 0 Å². The highest BCUT2D eigenvalue weighted by molar-refractivity contribution is 4.91. The van der Waals surface area contributed by atoms with Crippen molar-refractivity contribution in [3.05, 3.63) is 12.2 Å². The van der Waals surface area contributed by atoms with Gasteiger partial charge in [0.1, 0.15) is 12.2 Å². The summed E-state index contributed by atoms with van der Waals surface area (Å²) in [6.07, 6.45) is 9.54. The van der Waals surface area contributed by atoms with E-state index < -0.39 is 0 Å². The van der Waals surface area contributed by atoms with Crippen molar-refractivity contribution in [1.82, 2.24) is 20.1 Å². The summed E-state index contributed by atoms with van der Waals surface area (Å²) < 4.78 is 2.05. The number of nitrogens with one attached hydrogen (secondary N) is 1. The molecule has 1 saturated carbocycles. The third-order valence-corrected chi connectivity index (χ3v) is 4.34. The Hall–Kier alpha value is -0.900. The van der Waals surface area contributed by atoms with Crippen molar-refractivity contribution in [2.75, 3.05) is 13.1 Å². The molecular weight excluding hydrogens is 236 g/mol. The normalized spacial score (nSPS) is 23.7. The lowest BCUT2D eigenvalue weighted by Gasteiger charge is -2.31. The van der Waals surface area contributed by atoms with E-state index in [2.05, 4.69) is 29.2 Å². The lowest BCUT2D eigenvalue weighted by Crippen LogP contribution is -2.32. The Morgan fingerprint density at radius 2 is 2.05 bits per heavy atom. The number of rotatable bonds is 7. The Balaban J connectivity index is 1.91. The van der Waals surface area contributed by atoms with Gasteiger partial charge in [-0.15, -0.1) is 0 Å². The monoisotopic (exact) mass is 264 g/mol. The Bertz CT molecular complexity index is 361. The van der Waals surface area contributed by atoms with E-state index >= 15 is 0 Å². The zero-order chi connectivity index (χ0) is 13.5. The molecule has 1 fully saturated rings. The number of nitrogens with zero attached hydrogens (tertiary/aromatic N) is 3. The highest BCUT2D eigenvalue weighted by atomic mass is 15.3. The van der Waals surface area contributed by atoms with Crippen molar-refractivity contribution >= 4 is 0 Å². The Kier molecular flexibility index (Phi) is 5.83. The van der Waals surface area contributed by atoms with Crippen molar-refractivity contribution in [2.45, 2.75) is 58.9 Å². The van der Waals surface area contributed by atoms with E-state index in [0.717, 1.165) is 31.3 Å². The first kappa shape index (κ1) is 14.5. The molecule has 19 heavy (non-hydrogen) atoms. The molecule has 108 valence electrons. The Labute approximate surface area is 117 Å². The van der Waals surface area contributed by atoms with E-state index in [1.54, 1.807) is 6.33 Å². The molecule has 2 unspecified atom stereocenters. The molecule has 2 atom stereocenters. The quantitative estimate of drug-likeness (QED) is 0.770. The summed E-state index contributed by atoms with van der Waals surface area (Å²) in [5.41, 5.74) is 0. The molecule has 1 aliphatic rings. The van der Waals surface area contributed by atoms with Gasteiger partial charge in [0.05, 0.1) is 0 Å². The van der Waals surface area contributed by atoms with Gasteiger partial charge in [0, 0.05) is 13.0 Å². The first-order chi connectivity index (χ1) is 9.35. The second-order valence-corrected chi connectivity index (χ2v) is 5.70. The molecule has 1 N–H and O–H groups in total. The second kappa shape index (κ2) is 7.63. The van der Waals surface area contributed by atoms with Crippen LogP contribution in [0.2, 0.25) is 0 Å². The van der Waals surface area contributed by atoms with Crippen LogP contribution in [0.25, 0.3) is 0 Å². The maximum Gasteiger partial charge on any atom is 0.138 e. The topological polar surface area (TPSA) is 42.7 Å². The van der Waals surface area contributed by atoms with Crippen LogP contribution in [0, 0.1) is 11.8 Å². The van der Waals surface area contributed by atoms with Gasteiger partial charge in [-0.1, -0.05) is 19.8 Å². The SMILES string of the molecule is CCCNCC1CCCCC1Cc1ncnn1CC. The first-order valence-electron chi connectivity index (χ1n) is 7.92. The predicted molar refractivity (Wildman–Crippen MR) is 78.0 cm³/mol. The van der Waals surface area contributed by atoms with E-state index in [0.29, 0.717) is 0 Å². The smallest absolute Gasteiger partial charge is 0.138 e. The van der Waals surface area contributed by atoms with Gasteiger partial charge in [0.2, 0.25) is 0 Å². The summed E-state index contributed by atoms with van der Waals surface area (Å²) in [4.78, 5) is 4.44. The molecule has 4 nitrogen and oxygen atoms in total. The summed E-state index contributed by atoms with van der Waals surface area (Å²) in [6, 6.07) is 0. The Morgan fingerprint density at radius 3 is 2.79 bits per heavy atom. The molecule has 0 aliphatic heterocycles. The Morgan fingerprint density at radius 1 is 1.26 bits per heavy atom. The summed E-state index contributed by atoms with van der Waals surface area (Å²) in [7, 11) is 0. The zero-order valence-electron chi connectivity index (χ0n) is 12.4. The van der Waals surface area contributed by atoms with Crippen LogP contribution in [0.15, 0.2) is 6.33 Å². The third kappa shape index (κ3) is 4.03. The van der Waals surface area contributed by atoms with Crippen molar-refractivity contribution < 1.29 is 0 Å². The number of aromatic nitrogens is 3. The van der Waals surface area contributed by atoms with Crippen LogP contribution in [0.4, 0.5) is 0 Å². The van der Waals surface area contributed by atoms with Gasteiger partial charge in [0.25, 0.3) is 0 Å². The van der Waals surface area contributed by atoms with E-state index in [1.165, 1.54) is 44.5 Å². The predicted octanol–water partition coefficient (Wildman–Crippen LogP) is 2.65. The van der Waals surface area contributed by atoms with Crippen LogP contribution in [0.5, 0.6) is 0 Å². The van der Waals surface area contributed by atoms with Gasteiger partial charge in [0.15, 0.2) is 0 Å². The number of hydrogen-bond acceptors (Lipinski definition) is 3. The third-order valence-electron chi connectivity index (χ3n) is 4.34. The molecule has 1 aromatic rings. The summed E-state index contributed by atoms with van der Waals surface area (Å²) in [6.45, 7) is 7.63. The van der Waals surface area contributed by atoms with Crippen molar-refractivity contribution in [2.24, 2.45) is 11.8 Å². The van der Waals surface area contributed by atoms with Crippen molar-refractivity contribution in [3.63, 3.8) is 0 Å². The van der Waals surface area contributed by atoms with Crippen LogP contribution < -0.4 is 5.32 Å². The molecule has 0 radical (unpaired) electrons. The van der Waals surface area contributed by atoms with Crippen molar-refractivity contribution in [3.8, 4) is 0 Å². The minimum Gasteiger partial charge on any atom is -0.316 e. The maximum absolute atomic E-state index is 4.44. The molecule has 1 aliphatic carbocycles. The fourth-order valence-electron chi connectivity index (χ4n) is 3.23. The van der Waals surface area contributed by atoms with Crippen LogP contribution >= 0.6 is 0 Å². The van der Waals surface area contributed by atoms with Crippen LogP contribution in [0.3, 0.4) is 0 Å². The summed E-state index contributed by atoms with van der Waals surface area (Å²) in [5.74, 6) is 2.78. The van der Waals surface area contributed by atoms with Crippen molar-refractivity contribution in [1.29, 1.82) is 0 Å². The standard InChI is InChI=1S/C15H28N4/c1-3-9-16-11-14-8-6-5-7-13(14)10-15-17-12-18-19(15)4-2/h12-14,16H,3-11H2,1-2H3. The van der Waals surface area contributed by atoms with E-state index in [-0.39, 0.29) is 0 Å². The fraction of sp³-hybridized carbons (Fsp3) is 0.867. The molecule has 4 heteroatoms. The van der Waals surface area contributed by atoms with Gasteiger partial charge >= 0.3 is 0 Å². The summed E-state index contributed by atoms with van der Waals surface area (Å²) >= 11 is 0. The minimum absolute atomic E-state index is 0.785. The van der Waals surface area contributed by atoms with Gasteiger partial charge in [-0.05, 0) is 51.1 Å². The van der Waals surface area contributed by atoms with Gasteiger partial charge in [-0.25, -0.2) is 4.98 Å². The van der Waals surface area contributed by atoms with Gasteiger partial charge in [-0.2, -0.15) is 5.10 Å². The highest BCUT2D eigenvalue weighted by Gasteiger charge is 2.26. The molecule has 1 aromatic heterocycles. The minimum atomic E-state index is 0.785. The van der Waals surface area contributed by atoms with E-state index in [9.17, 15) is 0 Å². The van der Waals surface area contributed by atoms with Crippen LogP contribution in [-0.4, -0.2) is 27.9 Å². The molecule has 0 amide bonds. The van der Waals surface area contributed by atoms with Gasteiger partial charge < -0.3 is 5.32 Å². The lowest BCUT2D eigenvalue weighted by molar-refractivity contribution is 0.224. The second-order valence-electron chi connectivity index (χ2n) is 5.70. The molecule has 0 saturated heterocycles. The van der Waals surface area contributed by atoms with Crippen LogP contribution in [-0.2, 0) is 13.0 Å². The van der Waals surface area contributed by atoms with E-state index in [1.807, 2.05) is 4.68 Å².